The molecular formula is C12H24N2O. The van der Waals surface area contributed by atoms with Crippen molar-refractivity contribution in [2.24, 2.45) is 5.92 Å². The van der Waals surface area contributed by atoms with Gasteiger partial charge in [-0.05, 0) is 38.6 Å². The highest BCUT2D eigenvalue weighted by molar-refractivity contribution is 5.82. The second kappa shape index (κ2) is 6.11. The molecule has 1 atom stereocenters. The molecule has 0 aromatic heterocycles. The Labute approximate surface area is 93.2 Å². The van der Waals surface area contributed by atoms with Gasteiger partial charge in [0.15, 0.2) is 0 Å². The smallest absolute Gasteiger partial charge is 0.239 e. The SMILES string of the molecule is CCN(CCC(C)C)C(=O)C1CCCN1. The summed E-state index contributed by atoms with van der Waals surface area (Å²) in [6.45, 7) is 9.21. The van der Waals surface area contributed by atoms with Gasteiger partial charge >= 0.3 is 0 Å². The molecule has 1 fully saturated rings. The maximum Gasteiger partial charge on any atom is 0.239 e. The number of carbonyl (C=O) groups excluding carboxylic acids is 1. The second-order valence-corrected chi connectivity index (χ2v) is 4.75. The van der Waals surface area contributed by atoms with Gasteiger partial charge in [0.25, 0.3) is 0 Å². The molecule has 0 aromatic carbocycles. The van der Waals surface area contributed by atoms with E-state index in [-0.39, 0.29) is 6.04 Å². The molecule has 88 valence electrons. The molecule has 1 aliphatic heterocycles. The van der Waals surface area contributed by atoms with Gasteiger partial charge in [-0.1, -0.05) is 13.8 Å². The topological polar surface area (TPSA) is 32.3 Å². The van der Waals surface area contributed by atoms with Crippen LogP contribution in [0.5, 0.6) is 0 Å². The van der Waals surface area contributed by atoms with Crippen molar-refractivity contribution < 1.29 is 4.79 Å². The highest BCUT2D eigenvalue weighted by Gasteiger charge is 2.25. The van der Waals surface area contributed by atoms with Gasteiger partial charge in [-0.2, -0.15) is 0 Å². The average molecular weight is 212 g/mol. The molecule has 3 heteroatoms. The minimum Gasteiger partial charge on any atom is -0.342 e. The molecule has 0 aromatic rings. The number of nitrogens with zero attached hydrogens (tertiary/aromatic N) is 1. The molecule has 15 heavy (non-hydrogen) atoms. The molecule has 0 radical (unpaired) electrons. The van der Waals surface area contributed by atoms with Crippen LogP contribution >= 0.6 is 0 Å². The Hall–Kier alpha value is -0.570. The van der Waals surface area contributed by atoms with Crippen LogP contribution in [0.3, 0.4) is 0 Å². The first-order chi connectivity index (χ1) is 7.15. The summed E-state index contributed by atoms with van der Waals surface area (Å²) in [7, 11) is 0. The van der Waals surface area contributed by atoms with E-state index in [4.69, 9.17) is 0 Å². The Kier molecular flexibility index (Phi) is 5.09. The zero-order chi connectivity index (χ0) is 11.3. The minimum absolute atomic E-state index is 0.0945. The van der Waals surface area contributed by atoms with E-state index in [0.29, 0.717) is 11.8 Å². The molecule has 3 nitrogen and oxygen atoms in total. The third kappa shape index (κ3) is 3.82. The fraction of sp³-hybridized carbons (Fsp3) is 0.917. The summed E-state index contributed by atoms with van der Waals surface area (Å²) in [5.41, 5.74) is 0. The summed E-state index contributed by atoms with van der Waals surface area (Å²) in [4.78, 5) is 14.0. The van der Waals surface area contributed by atoms with E-state index in [1.54, 1.807) is 0 Å². The van der Waals surface area contributed by atoms with E-state index in [1.807, 2.05) is 4.90 Å². The largest absolute Gasteiger partial charge is 0.342 e. The minimum atomic E-state index is 0.0945. The van der Waals surface area contributed by atoms with Crippen molar-refractivity contribution >= 4 is 5.91 Å². The summed E-state index contributed by atoms with van der Waals surface area (Å²) < 4.78 is 0. The van der Waals surface area contributed by atoms with Crippen LogP contribution in [-0.2, 0) is 4.79 Å². The van der Waals surface area contributed by atoms with Gasteiger partial charge in [-0.25, -0.2) is 0 Å². The highest BCUT2D eigenvalue weighted by Crippen LogP contribution is 2.10. The average Bonchev–Trinajstić information content (AvgIpc) is 2.70. The Balaban J connectivity index is 2.38. The van der Waals surface area contributed by atoms with E-state index in [1.165, 1.54) is 0 Å². The molecule has 1 saturated heterocycles. The first-order valence-electron chi connectivity index (χ1n) is 6.17. The van der Waals surface area contributed by atoms with Gasteiger partial charge in [-0.3, -0.25) is 4.79 Å². The third-order valence-electron chi connectivity index (χ3n) is 3.03. The molecular weight excluding hydrogens is 188 g/mol. The maximum atomic E-state index is 12.1. The number of nitrogens with one attached hydrogen (secondary N) is 1. The van der Waals surface area contributed by atoms with Crippen LogP contribution in [0.4, 0.5) is 0 Å². The summed E-state index contributed by atoms with van der Waals surface area (Å²) in [5, 5.41) is 3.27. The van der Waals surface area contributed by atoms with Crippen LogP contribution < -0.4 is 5.32 Å². The van der Waals surface area contributed by atoms with Crippen molar-refractivity contribution in [3.05, 3.63) is 0 Å². The normalized spacial score (nSPS) is 20.9. The van der Waals surface area contributed by atoms with Crippen LogP contribution in [0, 0.1) is 5.92 Å². The number of hydrogen-bond acceptors (Lipinski definition) is 2. The van der Waals surface area contributed by atoms with E-state index in [2.05, 4.69) is 26.1 Å². The van der Waals surface area contributed by atoms with Crippen LogP contribution in [0.2, 0.25) is 0 Å². The fourth-order valence-electron chi connectivity index (χ4n) is 1.95. The fourth-order valence-corrected chi connectivity index (χ4v) is 1.95. The van der Waals surface area contributed by atoms with Gasteiger partial charge in [-0.15, -0.1) is 0 Å². The molecule has 1 rings (SSSR count). The zero-order valence-electron chi connectivity index (χ0n) is 10.3. The van der Waals surface area contributed by atoms with Crippen molar-refractivity contribution in [3.63, 3.8) is 0 Å². The zero-order valence-corrected chi connectivity index (χ0v) is 10.3. The summed E-state index contributed by atoms with van der Waals surface area (Å²) in [5.74, 6) is 0.971. The molecule has 0 saturated carbocycles. The van der Waals surface area contributed by atoms with Crippen LogP contribution in [-0.4, -0.2) is 36.5 Å². The second-order valence-electron chi connectivity index (χ2n) is 4.75. The number of rotatable bonds is 5. The molecule has 1 aliphatic rings. The third-order valence-corrected chi connectivity index (χ3v) is 3.03. The Morgan fingerprint density at radius 2 is 2.27 bits per heavy atom. The van der Waals surface area contributed by atoms with Crippen molar-refractivity contribution in [2.75, 3.05) is 19.6 Å². The van der Waals surface area contributed by atoms with E-state index >= 15 is 0 Å². The lowest BCUT2D eigenvalue weighted by Crippen LogP contribution is -2.44. The standard InChI is InChI=1S/C12H24N2O/c1-4-14(9-7-10(2)3)12(15)11-6-5-8-13-11/h10-11,13H,4-9H2,1-3H3. The van der Waals surface area contributed by atoms with Gasteiger partial charge in [0.2, 0.25) is 5.91 Å². The van der Waals surface area contributed by atoms with Crippen LogP contribution in [0.1, 0.15) is 40.0 Å². The number of hydrogen-bond donors (Lipinski definition) is 1. The van der Waals surface area contributed by atoms with Gasteiger partial charge < -0.3 is 10.2 Å². The Bertz CT molecular complexity index is 198. The molecule has 0 bridgehead atoms. The lowest BCUT2D eigenvalue weighted by molar-refractivity contribution is -0.133. The van der Waals surface area contributed by atoms with Crippen molar-refractivity contribution in [1.29, 1.82) is 0 Å². The van der Waals surface area contributed by atoms with Crippen LogP contribution in [0.25, 0.3) is 0 Å². The predicted octanol–water partition coefficient (Wildman–Crippen LogP) is 1.63. The quantitative estimate of drug-likeness (QED) is 0.751. The molecule has 1 unspecified atom stereocenters. The number of amides is 1. The Morgan fingerprint density at radius 1 is 1.53 bits per heavy atom. The predicted molar refractivity (Wildman–Crippen MR) is 62.7 cm³/mol. The van der Waals surface area contributed by atoms with E-state index < -0.39 is 0 Å². The molecule has 0 spiro atoms. The monoisotopic (exact) mass is 212 g/mol. The number of carbonyl (C=O) groups is 1. The number of likely N-dealkylation sites (N-methyl/N-ethyl adjacent to an activating group) is 1. The van der Waals surface area contributed by atoms with E-state index in [0.717, 1.165) is 38.9 Å². The molecule has 1 amide bonds. The molecule has 1 heterocycles. The van der Waals surface area contributed by atoms with Crippen molar-refractivity contribution in [3.8, 4) is 0 Å². The van der Waals surface area contributed by atoms with Crippen molar-refractivity contribution in [1.82, 2.24) is 10.2 Å². The first-order valence-corrected chi connectivity index (χ1v) is 6.17. The van der Waals surface area contributed by atoms with Gasteiger partial charge in [0.05, 0.1) is 6.04 Å². The lowest BCUT2D eigenvalue weighted by atomic mass is 10.1. The summed E-state index contributed by atoms with van der Waals surface area (Å²) in [6, 6.07) is 0.0945. The Morgan fingerprint density at radius 3 is 2.73 bits per heavy atom. The highest BCUT2D eigenvalue weighted by atomic mass is 16.2. The lowest BCUT2D eigenvalue weighted by Gasteiger charge is -2.25. The van der Waals surface area contributed by atoms with Gasteiger partial charge in [0.1, 0.15) is 0 Å². The first kappa shape index (κ1) is 12.5. The van der Waals surface area contributed by atoms with Gasteiger partial charge in [0, 0.05) is 13.1 Å². The van der Waals surface area contributed by atoms with E-state index in [9.17, 15) is 4.79 Å². The summed E-state index contributed by atoms with van der Waals surface area (Å²) in [6.07, 6.45) is 3.25. The van der Waals surface area contributed by atoms with Crippen LogP contribution in [0.15, 0.2) is 0 Å². The van der Waals surface area contributed by atoms with Crippen molar-refractivity contribution in [2.45, 2.75) is 46.1 Å². The molecule has 0 aliphatic carbocycles. The summed E-state index contributed by atoms with van der Waals surface area (Å²) >= 11 is 0. The maximum absolute atomic E-state index is 12.1. The molecule has 1 N–H and O–H groups in total.